The molecule has 2 aromatic heterocycles. The van der Waals surface area contributed by atoms with Gasteiger partial charge in [0.05, 0.1) is 24.0 Å². The van der Waals surface area contributed by atoms with Gasteiger partial charge in [-0.1, -0.05) is 0 Å². The number of nitrogens with one attached hydrogen (secondary N) is 1. The van der Waals surface area contributed by atoms with Crippen LogP contribution in [0.25, 0.3) is 0 Å². The molecule has 2 aliphatic heterocycles. The van der Waals surface area contributed by atoms with E-state index in [1.807, 2.05) is 4.90 Å². The highest BCUT2D eigenvalue weighted by atomic mass is 16.2. The molecular weight excluding hydrogens is 318 g/mol. The summed E-state index contributed by atoms with van der Waals surface area (Å²) in [6.45, 7) is 4.32. The smallest absolute Gasteiger partial charge is 0.257 e. The number of nitrogens with zero attached hydrogens (tertiary/aromatic N) is 6. The maximum absolute atomic E-state index is 12.6. The first kappa shape index (κ1) is 15.9. The number of hydrogen-bond donors (Lipinski definition) is 1. The minimum Gasteiger partial charge on any atom is -0.349 e. The van der Waals surface area contributed by atoms with Crippen LogP contribution in [0.5, 0.6) is 0 Å². The zero-order valence-corrected chi connectivity index (χ0v) is 14.2. The highest BCUT2D eigenvalue weighted by Crippen LogP contribution is 2.30. The van der Waals surface area contributed by atoms with Gasteiger partial charge < -0.3 is 15.1 Å². The van der Waals surface area contributed by atoms with E-state index in [2.05, 4.69) is 37.2 Å². The molecule has 25 heavy (non-hydrogen) atoms. The number of aromatic nitrogens is 4. The standard InChI is InChI=1S/C17H21N7O/c1-23-8-13-10-24(11-14(13)9-23)16(25)12-4-20-17(21-5-12)22-7-15-6-18-2-3-19-15/h2-6,13-14H,7-11H2,1H3,(H,20,21,22). The number of carbonyl (C=O) groups excluding carboxylic acids is 1. The summed E-state index contributed by atoms with van der Waals surface area (Å²) < 4.78 is 0. The van der Waals surface area contributed by atoms with E-state index < -0.39 is 0 Å². The summed E-state index contributed by atoms with van der Waals surface area (Å²) in [7, 11) is 2.14. The number of anilines is 1. The average Bonchev–Trinajstić information content (AvgIpc) is 3.18. The van der Waals surface area contributed by atoms with E-state index in [0.29, 0.717) is 29.9 Å². The van der Waals surface area contributed by atoms with Crippen molar-refractivity contribution in [1.29, 1.82) is 0 Å². The summed E-state index contributed by atoms with van der Waals surface area (Å²) in [4.78, 5) is 33.6. The normalized spacial score (nSPS) is 22.8. The van der Waals surface area contributed by atoms with E-state index in [1.54, 1.807) is 31.0 Å². The van der Waals surface area contributed by atoms with Crippen LogP contribution in [0.2, 0.25) is 0 Å². The van der Waals surface area contributed by atoms with Crippen molar-refractivity contribution in [1.82, 2.24) is 29.7 Å². The summed E-state index contributed by atoms with van der Waals surface area (Å²) >= 11 is 0. The quantitative estimate of drug-likeness (QED) is 0.868. The van der Waals surface area contributed by atoms with Gasteiger partial charge in [0.15, 0.2) is 0 Å². The third-order valence-corrected chi connectivity index (χ3v) is 4.90. The Bertz CT molecular complexity index is 722. The molecule has 8 nitrogen and oxygen atoms in total. The van der Waals surface area contributed by atoms with E-state index in [4.69, 9.17) is 0 Å². The third-order valence-electron chi connectivity index (χ3n) is 4.90. The number of amides is 1. The SMILES string of the molecule is CN1CC2CN(C(=O)c3cnc(NCc4cnccn4)nc3)CC2C1. The van der Waals surface area contributed by atoms with E-state index in [-0.39, 0.29) is 5.91 Å². The van der Waals surface area contributed by atoms with Crippen LogP contribution < -0.4 is 5.32 Å². The number of hydrogen-bond acceptors (Lipinski definition) is 7. The van der Waals surface area contributed by atoms with Crippen molar-refractivity contribution in [3.05, 3.63) is 42.2 Å². The Morgan fingerprint density at radius 2 is 1.80 bits per heavy atom. The van der Waals surface area contributed by atoms with Crippen molar-refractivity contribution in [3.8, 4) is 0 Å². The third kappa shape index (κ3) is 3.43. The Morgan fingerprint density at radius 3 is 2.44 bits per heavy atom. The Kier molecular flexibility index (Phi) is 4.27. The van der Waals surface area contributed by atoms with Gasteiger partial charge in [-0.05, 0) is 18.9 Å². The predicted molar refractivity (Wildman–Crippen MR) is 91.8 cm³/mol. The van der Waals surface area contributed by atoms with Gasteiger partial charge in [-0.25, -0.2) is 9.97 Å². The fourth-order valence-electron chi connectivity index (χ4n) is 3.70. The molecule has 2 aromatic rings. The molecule has 2 atom stereocenters. The number of carbonyl (C=O) groups is 1. The molecule has 0 spiro atoms. The summed E-state index contributed by atoms with van der Waals surface area (Å²) in [5, 5.41) is 3.08. The van der Waals surface area contributed by atoms with Crippen molar-refractivity contribution >= 4 is 11.9 Å². The first-order valence-corrected chi connectivity index (χ1v) is 8.47. The molecule has 4 heterocycles. The lowest BCUT2D eigenvalue weighted by Gasteiger charge is -2.19. The van der Waals surface area contributed by atoms with E-state index in [0.717, 1.165) is 31.9 Å². The molecule has 8 heteroatoms. The summed E-state index contributed by atoms with van der Waals surface area (Å²) in [5.41, 5.74) is 1.35. The molecule has 2 fully saturated rings. The van der Waals surface area contributed by atoms with Gasteiger partial charge in [-0.15, -0.1) is 0 Å². The van der Waals surface area contributed by atoms with Crippen LogP contribution in [-0.4, -0.2) is 68.9 Å². The van der Waals surface area contributed by atoms with Crippen molar-refractivity contribution in [3.63, 3.8) is 0 Å². The van der Waals surface area contributed by atoms with Crippen molar-refractivity contribution in [2.24, 2.45) is 11.8 Å². The highest BCUT2D eigenvalue weighted by Gasteiger charge is 2.40. The van der Waals surface area contributed by atoms with Gasteiger partial charge in [0.2, 0.25) is 5.95 Å². The van der Waals surface area contributed by atoms with Crippen LogP contribution in [-0.2, 0) is 6.54 Å². The van der Waals surface area contributed by atoms with Crippen LogP contribution in [0.15, 0.2) is 31.0 Å². The van der Waals surface area contributed by atoms with Gasteiger partial charge in [0, 0.05) is 51.0 Å². The van der Waals surface area contributed by atoms with Crippen LogP contribution in [0.3, 0.4) is 0 Å². The van der Waals surface area contributed by atoms with E-state index in [1.165, 1.54) is 0 Å². The van der Waals surface area contributed by atoms with Gasteiger partial charge >= 0.3 is 0 Å². The fourth-order valence-corrected chi connectivity index (χ4v) is 3.70. The summed E-state index contributed by atoms with van der Waals surface area (Å²) in [6.07, 6.45) is 8.14. The number of fused-ring (bicyclic) bond motifs is 1. The average molecular weight is 339 g/mol. The molecule has 0 saturated carbocycles. The second kappa shape index (κ2) is 6.72. The molecule has 0 aliphatic carbocycles. The van der Waals surface area contributed by atoms with E-state index >= 15 is 0 Å². The van der Waals surface area contributed by atoms with E-state index in [9.17, 15) is 4.79 Å². The van der Waals surface area contributed by atoms with Crippen molar-refractivity contribution in [2.75, 3.05) is 38.5 Å². The molecule has 2 unspecified atom stereocenters. The molecule has 2 aliphatic rings. The Morgan fingerprint density at radius 1 is 1.08 bits per heavy atom. The van der Waals surface area contributed by atoms with Crippen molar-refractivity contribution < 1.29 is 4.79 Å². The maximum atomic E-state index is 12.6. The Balaban J connectivity index is 1.35. The predicted octanol–water partition coefficient (Wildman–Crippen LogP) is 0.512. The second-order valence-electron chi connectivity index (χ2n) is 6.80. The lowest BCUT2D eigenvalue weighted by atomic mass is 10.0. The van der Waals surface area contributed by atoms with Gasteiger partial charge in [0.1, 0.15) is 0 Å². The maximum Gasteiger partial charge on any atom is 0.257 e. The molecule has 1 N–H and O–H groups in total. The molecule has 1 amide bonds. The van der Waals surface area contributed by atoms with Crippen LogP contribution in [0.4, 0.5) is 5.95 Å². The fraction of sp³-hybridized carbons (Fsp3) is 0.471. The zero-order chi connectivity index (χ0) is 17.2. The largest absolute Gasteiger partial charge is 0.349 e. The highest BCUT2D eigenvalue weighted by molar-refractivity contribution is 5.93. The number of rotatable bonds is 4. The minimum absolute atomic E-state index is 0.0255. The second-order valence-corrected chi connectivity index (χ2v) is 6.80. The van der Waals surface area contributed by atoms with Crippen LogP contribution in [0.1, 0.15) is 16.1 Å². The first-order chi connectivity index (χ1) is 12.2. The number of likely N-dealkylation sites (tertiary alicyclic amines) is 2. The van der Waals surface area contributed by atoms with Crippen molar-refractivity contribution in [2.45, 2.75) is 6.54 Å². The van der Waals surface area contributed by atoms with Crippen LogP contribution >= 0.6 is 0 Å². The zero-order valence-electron chi connectivity index (χ0n) is 14.2. The first-order valence-electron chi connectivity index (χ1n) is 8.47. The molecule has 4 rings (SSSR count). The Labute approximate surface area is 146 Å². The summed E-state index contributed by atoms with van der Waals surface area (Å²) in [5.74, 6) is 1.70. The molecular formula is C17H21N7O. The molecule has 0 aromatic carbocycles. The lowest BCUT2D eigenvalue weighted by molar-refractivity contribution is 0.0775. The topological polar surface area (TPSA) is 87.1 Å². The lowest BCUT2D eigenvalue weighted by Crippen LogP contribution is -2.32. The molecule has 0 bridgehead atoms. The van der Waals surface area contributed by atoms with Crippen LogP contribution in [0, 0.1) is 11.8 Å². The molecule has 2 saturated heterocycles. The molecule has 0 radical (unpaired) electrons. The van der Waals surface area contributed by atoms with Gasteiger partial charge in [-0.3, -0.25) is 14.8 Å². The Hall–Kier alpha value is -2.61. The summed E-state index contributed by atoms with van der Waals surface area (Å²) in [6, 6.07) is 0. The monoisotopic (exact) mass is 339 g/mol. The minimum atomic E-state index is 0.0255. The van der Waals surface area contributed by atoms with Gasteiger partial charge in [0.25, 0.3) is 5.91 Å². The molecule has 130 valence electrons. The van der Waals surface area contributed by atoms with Gasteiger partial charge in [-0.2, -0.15) is 0 Å².